The van der Waals surface area contributed by atoms with Gasteiger partial charge in [0.1, 0.15) is 11.3 Å². The van der Waals surface area contributed by atoms with Crippen LogP contribution < -0.4 is 10.6 Å². The number of Topliss-reactive ketones (excluding diaryl/α,β-unsaturated/α-hetero) is 1. The maximum atomic E-state index is 12.8. The van der Waals surface area contributed by atoms with E-state index in [4.69, 9.17) is 0 Å². The molecule has 0 radical (unpaired) electrons. The summed E-state index contributed by atoms with van der Waals surface area (Å²) in [5, 5.41) is 27.6. The second kappa shape index (κ2) is 10.2. The molecule has 5 aliphatic rings. The number of ketones is 1. The van der Waals surface area contributed by atoms with Gasteiger partial charge in [0.05, 0.1) is 12.1 Å². The zero-order chi connectivity index (χ0) is 25.6. The smallest absolute Gasteiger partial charge is 0.259 e. The predicted octanol–water partition coefficient (Wildman–Crippen LogP) is 3.21. The van der Waals surface area contributed by atoms with Gasteiger partial charge in [-0.1, -0.05) is 32.4 Å². The predicted molar refractivity (Wildman–Crippen MR) is 135 cm³/mol. The van der Waals surface area contributed by atoms with Crippen LogP contribution in [0.1, 0.15) is 58.8 Å². The van der Waals surface area contributed by atoms with Gasteiger partial charge in [-0.2, -0.15) is 0 Å². The molecule has 1 saturated heterocycles. The van der Waals surface area contributed by atoms with Crippen LogP contribution in [0.4, 0.5) is 0 Å². The van der Waals surface area contributed by atoms with Crippen LogP contribution in [-0.4, -0.2) is 46.5 Å². The highest BCUT2D eigenvalue weighted by atomic mass is 16.3. The van der Waals surface area contributed by atoms with Gasteiger partial charge < -0.3 is 20.8 Å². The Kier molecular flexibility index (Phi) is 7.12. The Balaban J connectivity index is 1.46. The average molecular weight is 497 g/mol. The molecule has 5 rings (SSSR count). The molecule has 2 amide bonds. The van der Waals surface area contributed by atoms with Crippen molar-refractivity contribution in [3.8, 4) is 0 Å². The number of nitrogens with one attached hydrogen (secondary N) is 2. The van der Waals surface area contributed by atoms with Crippen LogP contribution >= 0.6 is 0 Å². The monoisotopic (exact) mass is 496 g/mol. The Morgan fingerprint density at radius 1 is 1.06 bits per heavy atom. The van der Waals surface area contributed by atoms with Gasteiger partial charge in [0.15, 0.2) is 5.78 Å². The van der Waals surface area contributed by atoms with Gasteiger partial charge in [-0.15, -0.1) is 0 Å². The number of hydrogen-bond donors (Lipinski definition) is 4. The molecule has 4 fully saturated rings. The number of aliphatic hydroxyl groups excluding tert-OH is 2. The molecule has 7 nitrogen and oxygen atoms in total. The third-order valence-corrected chi connectivity index (χ3v) is 10.1. The van der Waals surface area contributed by atoms with E-state index in [2.05, 4.69) is 24.5 Å². The van der Waals surface area contributed by atoms with Gasteiger partial charge in [0.2, 0.25) is 5.91 Å². The first-order valence-electron chi connectivity index (χ1n) is 13.9. The Hall–Kier alpha value is -2.41. The Labute approximate surface area is 213 Å². The lowest BCUT2D eigenvalue weighted by Gasteiger charge is -2.44. The molecule has 0 spiro atoms. The first-order chi connectivity index (χ1) is 17.3. The third kappa shape index (κ3) is 4.44. The van der Waals surface area contributed by atoms with Crippen LogP contribution in [0.2, 0.25) is 0 Å². The number of carbonyl (C=O) groups excluding carboxylic acids is 3. The van der Waals surface area contributed by atoms with Crippen molar-refractivity contribution in [1.29, 1.82) is 0 Å². The standard InChI is InChI=1S/C29H40N2O5/c1-3-16-12-18-13-20-19-6-4-8-24(34)30-11-5-7-21-28(35)27(29(36)31-21)22(32)10-9-17(19)14-23(33)26(20)25(18)15(16)2/h4,8-10,15-21,23,25-26,32-33H,3,5-7,11-14H2,1-2H3,(H,30,34)(H,31,36)/b8-4+,10-9+,27-22-/t15-,16-,17-,18-,19+,20+,21?,23-,25-,26+/m0/s1. The van der Waals surface area contributed by atoms with E-state index in [0.29, 0.717) is 49.5 Å². The van der Waals surface area contributed by atoms with E-state index in [0.717, 1.165) is 18.8 Å². The Bertz CT molecular complexity index is 1000. The fourth-order valence-corrected chi connectivity index (χ4v) is 8.49. The van der Waals surface area contributed by atoms with E-state index < -0.39 is 23.8 Å². The quantitative estimate of drug-likeness (QED) is 0.416. The van der Waals surface area contributed by atoms with E-state index >= 15 is 0 Å². The molecule has 1 unspecified atom stereocenters. The van der Waals surface area contributed by atoms with E-state index in [1.54, 1.807) is 6.08 Å². The summed E-state index contributed by atoms with van der Waals surface area (Å²) < 4.78 is 0. The minimum Gasteiger partial charge on any atom is -0.507 e. The summed E-state index contributed by atoms with van der Waals surface area (Å²) in [6.45, 7) is 5.05. The fourth-order valence-electron chi connectivity index (χ4n) is 8.49. The van der Waals surface area contributed by atoms with Crippen LogP contribution in [0.15, 0.2) is 35.6 Å². The minimum atomic E-state index is -0.680. The van der Waals surface area contributed by atoms with Gasteiger partial charge in [-0.05, 0) is 98.0 Å². The summed E-state index contributed by atoms with van der Waals surface area (Å²) in [7, 11) is 0. The maximum absolute atomic E-state index is 12.8. The lowest BCUT2D eigenvalue weighted by Crippen LogP contribution is -2.43. The Morgan fingerprint density at radius 2 is 1.86 bits per heavy atom. The summed E-state index contributed by atoms with van der Waals surface area (Å²) >= 11 is 0. The molecule has 3 aliphatic carbocycles. The first kappa shape index (κ1) is 25.2. The number of amides is 2. The number of hydrogen-bond acceptors (Lipinski definition) is 5. The summed E-state index contributed by atoms with van der Waals surface area (Å²) in [5.41, 5.74) is -0.187. The van der Waals surface area contributed by atoms with E-state index in [-0.39, 0.29) is 35.0 Å². The zero-order valence-electron chi connectivity index (χ0n) is 21.4. The molecule has 3 saturated carbocycles. The molecule has 0 aromatic heterocycles. The number of fused-ring (bicyclic) bond motifs is 7. The van der Waals surface area contributed by atoms with Crippen LogP contribution in [0.3, 0.4) is 0 Å². The number of carbonyl (C=O) groups is 3. The summed E-state index contributed by atoms with van der Waals surface area (Å²) in [4.78, 5) is 37.6. The van der Waals surface area contributed by atoms with Crippen LogP contribution in [0.5, 0.6) is 0 Å². The molecule has 7 heteroatoms. The van der Waals surface area contributed by atoms with Crippen molar-refractivity contribution < 1.29 is 24.6 Å². The molecule has 10 atom stereocenters. The first-order valence-corrected chi connectivity index (χ1v) is 13.9. The van der Waals surface area contributed by atoms with E-state index in [1.165, 1.54) is 18.9 Å². The molecule has 0 aromatic carbocycles. The lowest BCUT2D eigenvalue weighted by molar-refractivity contribution is -0.118. The van der Waals surface area contributed by atoms with Gasteiger partial charge in [0, 0.05) is 6.54 Å². The average Bonchev–Trinajstić information content (AvgIpc) is 3.46. The van der Waals surface area contributed by atoms with Crippen LogP contribution in [-0.2, 0) is 14.4 Å². The molecular formula is C29H40N2O5. The number of aliphatic hydroxyl groups is 2. The number of allylic oxidation sites excluding steroid dienone is 3. The van der Waals surface area contributed by atoms with Crippen molar-refractivity contribution in [3.63, 3.8) is 0 Å². The normalized spacial score (nSPS) is 46.9. The largest absolute Gasteiger partial charge is 0.507 e. The summed E-state index contributed by atoms with van der Waals surface area (Å²) in [6.07, 6.45) is 12.3. The molecule has 196 valence electrons. The van der Waals surface area contributed by atoms with Crippen molar-refractivity contribution in [2.24, 2.45) is 47.3 Å². The van der Waals surface area contributed by atoms with Crippen molar-refractivity contribution in [2.45, 2.75) is 70.9 Å². The van der Waals surface area contributed by atoms with E-state index in [1.807, 2.05) is 12.2 Å². The highest BCUT2D eigenvalue weighted by Crippen LogP contribution is 2.62. The van der Waals surface area contributed by atoms with Crippen molar-refractivity contribution in [3.05, 3.63) is 35.6 Å². The molecule has 36 heavy (non-hydrogen) atoms. The second-order valence-electron chi connectivity index (χ2n) is 11.8. The molecular weight excluding hydrogens is 456 g/mol. The van der Waals surface area contributed by atoms with Crippen LogP contribution in [0.25, 0.3) is 0 Å². The number of rotatable bonds is 1. The third-order valence-electron chi connectivity index (χ3n) is 10.1. The lowest BCUT2D eigenvalue weighted by atomic mass is 9.62. The highest BCUT2D eigenvalue weighted by molar-refractivity contribution is 6.27. The molecule has 2 bridgehead atoms. The highest BCUT2D eigenvalue weighted by Gasteiger charge is 2.57. The summed E-state index contributed by atoms with van der Waals surface area (Å²) in [6, 6.07) is -0.680. The van der Waals surface area contributed by atoms with Gasteiger partial charge >= 0.3 is 0 Å². The topological polar surface area (TPSA) is 116 Å². The Morgan fingerprint density at radius 3 is 2.64 bits per heavy atom. The van der Waals surface area contributed by atoms with Crippen molar-refractivity contribution in [2.75, 3.05) is 6.54 Å². The maximum Gasteiger partial charge on any atom is 0.259 e. The van der Waals surface area contributed by atoms with Crippen molar-refractivity contribution in [1.82, 2.24) is 10.6 Å². The summed E-state index contributed by atoms with van der Waals surface area (Å²) in [5.74, 6) is 1.94. The SMILES string of the molecule is CC[C@H]1C[C@H]2C[C@@H]3[C@@H]4C/C=C/C(=O)NCCCC5NC(=O)/C(=C(O)/C=C/[C@H]4C[C@H](O)[C@@H]3[C@H]2[C@H]1C)C5=O. The fraction of sp³-hybridized carbons (Fsp3) is 0.690. The molecule has 4 N–H and O–H groups in total. The minimum absolute atomic E-state index is 0.0175. The second-order valence-corrected chi connectivity index (χ2v) is 11.8. The van der Waals surface area contributed by atoms with Crippen LogP contribution in [0, 0.1) is 47.3 Å². The zero-order valence-corrected chi connectivity index (χ0v) is 21.4. The van der Waals surface area contributed by atoms with Gasteiger partial charge in [-0.3, -0.25) is 14.4 Å². The van der Waals surface area contributed by atoms with Gasteiger partial charge in [0.25, 0.3) is 5.91 Å². The van der Waals surface area contributed by atoms with Crippen molar-refractivity contribution >= 4 is 17.6 Å². The molecule has 0 aromatic rings. The molecule has 2 heterocycles. The van der Waals surface area contributed by atoms with E-state index in [9.17, 15) is 24.6 Å². The molecule has 2 aliphatic heterocycles. The van der Waals surface area contributed by atoms with Gasteiger partial charge in [-0.25, -0.2) is 0 Å².